The van der Waals surface area contributed by atoms with Gasteiger partial charge in [-0.2, -0.15) is 0 Å². The minimum absolute atomic E-state index is 0.185. The molecule has 0 radical (unpaired) electrons. The van der Waals surface area contributed by atoms with Crippen molar-refractivity contribution in [2.75, 3.05) is 37.7 Å². The van der Waals surface area contributed by atoms with Crippen molar-refractivity contribution in [3.8, 4) is 5.75 Å². The van der Waals surface area contributed by atoms with Crippen molar-refractivity contribution >= 4 is 32.6 Å². The number of hydrogen-bond acceptors (Lipinski definition) is 5. The third kappa shape index (κ3) is 4.43. The summed E-state index contributed by atoms with van der Waals surface area (Å²) in [5.41, 5.74) is 3.46. The summed E-state index contributed by atoms with van der Waals surface area (Å²) < 4.78 is 6.71. The number of piperazine rings is 1. The molecule has 1 saturated heterocycles. The highest BCUT2D eigenvalue weighted by atomic mass is 32.1. The molecule has 0 bridgehead atoms. The van der Waals surface area contributed by atoms with E-state index in [9.17, 15) is 4.79 Å². The Morgan fingerprint density at radius 2 is 1.83 bits per heavy atom. The lowest BCUT2D eigenvalue weighted by Crippen LogP contribution is -2.49. The molecule has 2 heterocycles. The maximum atomic E-state index is 12.7. The number of ether oxygens (including phenoxy) is 1. The van der Waals surface area contributed by atoms with Gasteiger partial charge >= 0.3 is 0 Å². The number of thiazole rings is 1. The molecule has 0 atom stereocenters. The van der Waals surface area contributed by atoms with Crippen LogP contribution in [0.15, 0.2) is 42.5 Å². The maximum absolute atomic E-state index is 12.7. The Kier molecular flexibility index (Phi) is 6.23. The fourth-order valence-electron chi connectivity index (χ4n) is 3.86. The van der Waals surface area contributed by atoms with Crippen LogP contribution in [0, 0.1) is 0 Å². The molecule has 0 saturated carbocycles. The Morgan fingerprint density at radius 1 is 1.10 bits per heavy atom. The van der Waals surface area contributed by atoms with Gasteiger partial charge < -0.3 is 14.5 Å². The molecular formula is C24H29N3O2S. The van der Waals surface area contributed by atoms with E-state index in [4.69, 9.17) is 9.72 Å². The zero-order valence-electron chi connectivity index (χ0n) is 17.9. The first-order valence-corrected chi connectivity index (χ1v) is 11.5. The molecule has 6 heteroatoms. The summed E-state index contributed by atoms with van der Waals surface area (Å²) in [6.07, 6.45) is 0.436. The Morgan fingerprint density at radius 3 is 2.50 bits per heavy atom. The van der Waals surface area contributed by atoms with Gasteiger partial charge in [-0.3, -0.25) is 4.79 Å². The quantitative estimate of drug-likeness (QED) is 0.576. The third-order valence-electron chi connectivity index (χ3n) is 5.55. The van der Waals surface area contributed by atoms with Crippen molar-refractivity contribution in [3.05, 3.63) is 53.6 Å². The Hall–Kier alpha value is -2.60. The van der Waals surface area contributed by atoms with Crippen LogP contribution in [0.4, 0.5) is 5.13 Å². The lowest BCUT2D eigenvalue weighted by Gasteiger charge is -2.34. The maximum Gasteiger partial charge on any atom is 0.227 e. The van der Waals surface area contributed by atoms with Crippen LogP contribution in [0.5, 0.6) is 5.75 Å². The van der Waals surface area contributed by atoms with Gasteiger partial charge in [-0.15, -0.1) is 0 Å². The number of para-hydroxylation sites is 1. The van der Waals surface area contributed by atoms with Gasteiger partial charge in [0.2, 0.25) is 5.91 Å². The molecule has 0 spiro atoms. The molecule has 158 valence electrons. The van der Waals surface area contributed by atoms with Gasteiger partial charge in [0.25, 0.3) is 0 Å². The molecule has 3 aromatic rings. The molecule has 1 aliphatic heterocycles. The third-order valence-corrected chi connectivity index (χ3v) is 6.63. The summed E-state index contributed by atoms with van der Waals surface area (Å²) in [6.45, 7) is 10.2. The number of carbonyl (C=O) groups is 1. The zero-order chi connectivity index (χ0) is 21.1. The SMILES string of the molecule is CCOc1ccc(CC(=O)N2CCN(c3nc4c(C(C)C)cccc4s3)CC2)cc1. The predicted molar refractivity (Wildman–Crippen MR) is 124 cm³/mol. The molecule has 1 fully saturated rings. The smallest absolute Gasteiger partial charge is 0.227 e. The van der Waals surface area contributed by atoms with Crippen LogP contribution in [-0.4, -0.2) is 48.6 Å². The van der Waals surface area contributed by atoms with Gasteiger partial charge in [-0.25, -0.2) is 4.98 Å². The van der Waals surface area contributed by atoms with Crippen molar-refractivity contribution in [3.63, 3.8) is 0 Å². The van der Waals surface area contributed by atoms with Gasteiger partial charge in [0.15, 0.2) is 5.13 Å². The number of amides is 1. The number of aromatic nitrogens is 1. The fraction of sp³-hybridized carbons (Fsp3) is 0.417. The number of rotatable bonds is 6. The average molecular weight is 424 g/mol. The van der Waals surface area contributed by atoms with Crippen LogP contribution >= 0.6 is 11.3 Å². The molecule has 1 aliphatic rings. The Balaban J connectivity index is 1.37. The van der Waals surface area contributed by atoms with Gasteiger partial charge in [-0.1, -0.05) is 49.4 Å². The van der Waals surface area contributed by atoms with Crippen molar-refractivity contribution in [1.29, 1.82) is 0 Å². The molecule has 1 aromatic heterocycles. The van der Waals surface area contributed by atoms with Crippen LogP contribution in [0.3, 0.4) is 0 Å². The zero-order valence-corrected chi connectivity index (χ0v) is 18.7. The molecule has 4 rings (SSSR count). The largest absolute Gasteiger partial charge is 0.494 e. The fourth-order valence-corrected chi connectivity index (χ4v) is 4.92. The molecule has 2 aromatic carbocycles. The van der Waals surface area contributed by atoms with Gasteiger partial charge in [0.05, 0.1) is 23.2 Å². The number of nitrogens with zero attached hydrogens (tertiary/aromatic N) is 3. The van der Waals surface area contributed by atoms with E-state index in [1.54, 1.807) is 11.3 Å². The standard InChI is InChI=1S/C24H29N3O2S/c1-4-29-19-10-8-18(9-11-19)16-22(28)26-12-14-27(15-13-26)24-25-23-20(17(2)3)6-5-7-21(23)30-24/h5-11,17H,4,12-16H2,1-3H3. The summed E-state index contributed by atoms with van der Waals surface area (Å²) in [5, 5.41) is 1.07. The van der Waals surface area contributed by atoms with Crippen molar-refractivity contribution in [2.45, 2.75) is 33.1 Å². The number of fused-ring (bicyclic) bond motifs is 1. The van der Waals surface area contributed by atoms with Crippen LogP contribution in [0.2, 0.25) is 0 Å². The van der Waals surface area contributed by atoms with Gasteiger partial charge in [0, 0.05) is 26.2 Å². The van der Waals surface area contributed by atoms with E-state index in [1.807, 2.05) is 36.1 Å². The lowest BCUT2D eigenvalue weighted by atomic mass is 10.0. The molecule has 0 N–H and O–H groups in total. The number of hydrogen-bond donors (Lipinski definition) is 0. The first-order valence-electron chi connectivity index (χ1n) is 10.7. The number of anilines is 1. The summed E-state index contributed by atoms with van der Waals surface area (Å²) in [5.74, 6) is 1.49. The average Bonchev–Trinajstić information content (AvgIpc) is 3.19. The van der Waals surface area contributed by atoms with Crippen molar-refractivity contribution < 1.29 is 9.53 Å². The van der Waals surface area contributed by atoms with Crippen LogP contribution in [0.1, 0.15) is 37.8 Å². The topological polar surface area (TPSA) is 45.7 Å². The summed E-state index contributed by atoms with van der Waals surface area (Å²) in [7, 11) is 0. The Bertz CT molecular complexity index is 1000. The summed E-state index contributed by atoms with van der Waals surface area (Å²) in [4.78, 5) is 22.0. The Labute approximate surface area is 182 Å². The van der Waals surface area contributed by atoms with E-state index in [-0.39, 0.29) is 5.91 Å². The monoisotopic (exact) mass is 423 g/mol. The van der Waals surface area contributed by atoms with E-state index in [0.717, 1.165) is 48.1 Å². The van der Waals surface area contributed by atoms with E-state index >= 15 is 0 Å². The predicted octanol–water partition coefficient (Wildman–Crippen LogP) is 4.71. The second-order valence-electron chi connectivity index (χ2n) is 7.97. The van der Waals surface area contributed by atoms with E-state index in [0.29, 0.717) is 18.9 Å². The second-order valence-corrected chi connectivity index (χ2v) is 8.98. The van der Waals surface area contributed by atoms with Crippen molar-refractivity contribution in [1.82, 2.24) is 9.88 Å². The number of carbonyl (C=O) groups excluding carboxylic acids is 1. The van der Waals surface area contributed by atoms with E-state index in [2.05, 4.69) is 36.9 Å². The highest BCUT2D eigenvalue weighted by Crippen LogP contribution is 2.33. The normalized spacial score (nSPS) is 14.5. The molecule has 1 amide bonds. The van der Waals surface area contributed by atoms with Gasteiger partial charge in [0.1, 0.15) is 5.75 Å². The number of benzene rings is 2. The van der Waals surface area contributed by atoms with E-state index in [1.165, 1.54) is 10.3 Å². The van der Waals surface area contributed by atoms with Crippen molar-refractivity contribution in [2.24, 2.45) is 0 Å². The molecule has 30 heavy (non-hydrogen) atoms. The molecule has 0 aliphatic carbocycles. The van der Waals surface area contributed by atoms with E-state index < -0.39 is 0 Å². The highest BCUT2D eigenvalue weighted by Gasteiger charge is 2.23. The lowest BCUT2D eigenvalue weighted by molar-refractivity contribution is -0.130. The highest BCUT2D eigenvalue weighted by molar-refractivity contribution is 7.22. The first-order chi connectivity index (χ1) is 14.5. The molecular weight excluding hydrogens is 394 g/mol. The van der Waals surface area contributed by atoms with Gasteiger partial charge in [-0.05, 0) is 42.2 Å². The van der Waals surface area contributed by atoms with Crippen LogP contribution < -0.4 is 9.64 Å². The molecule has 0 unspecified atom stereocenters. The van der Waals surface area contributed by atoms with Crippen LogP contribution in [0.25, 0.3) is 10.2 Å². The summed E-state index contributed by atoms with van der Waals surface area (Å²) in [6, 6.07) is 14.3. The molecule has 5 nitrogen and oxygen atoms in total. The van der Waals surface area contributed by atoms with Crippen LogP contribution in [-0.2, 0) is 11.2 Å². The summed E-state index contributed by atoms with van der Waals surface area (Å²) >= 11 is 1.75. The minimum Gasteiger partial charge on any atom is -0.494 e. The second kappa shape index (κ2) is 9.04. The first kappa shape index (κ1) is 20.7. The minimum atomic E-state index is 0.185.